The number of aliphatic carboxylic acids is 1. The molecule has 0 fully saturated rings. The average Bonchev–Trinajstić information content (AvgIpc) is 2.02. The van der Waals surface area contributed by atoms with Crippen LogP contribution in [0.2, 0.25) is 0 Å². The first-order valence-electron chi connectivity index (χ1n) is 4.25. The van der Waals surface area contributed by atoms with E-state index in [2.05, 4.69) is 6.58 Å². The first-order valence-corrected chi connectivity index (χ1v) is 4.25. The third-order valence-corrected chi connectivity index (χ3v) is 1.40. The molecule has 13 heavy (non-hydrogen) atoms. The number of hydrogen-bond donors (Lipinski definition) is 1. The van der Waals surface area contributed by atoms with Crippen molar-refractivity contribution >= 4 is 5.97 Å². The van der Waals surface area contributed by atoms with E-state index in [1.54, 1.807) is 6.92 Å². The minimum atomic E-state index is -0.924. The van der Waals surface area contributed by atoms with Crippen LogP contribution in [-0.2, 0) is 9.53 Å². The lowest BCUT2D eigenvalue weighted by atomic mass is 10.3. The highest BCUT2D eigenvalue weighted by Crippen LogP contribution is 1.96. The maximum absolute atomic E-state index is 10.2. The summed E-state index contributed by atoms with van der Waals surface area (Å²) in [4.78, 5) is 10.2. The van der Waals surface area contributed by atoms with E-state index >= 15 is 0 Å². The first-order chi connectivity index (χ1) is 6.16. The quantitative estimate of drug-likeness (QED) is 0.374. The summed E-state index contributed by atoms with van der Waals surface area (Å²) in [5.41, 5.74) is 0.728. The van der Waals surface area contributed by atoms with Crippen molar-refractivity contribution in [1.82, 2.24) is 0 Å². The van der Waals surface area contributed by atoms with Gasteiger partial charge in [0.05, 0.1) is 6.61 Å². The van der Waals surface area contributed by atoms with Crippen LogP contribution in [0.15, 0.2) is 24.3 Å². The Labute approximate surface area is 78.7 Å². The topological polar surface area (TPSA) is 46.5 Å². The van der Waals surface area contributed by atoms with Crippen molar-refractivity contribution in [2.24, 2.45) is 0 Å². The Kier molecular flexibility index (Phi) is 6.92. The lowest BCUT2D eigenvalue weighted by Crippen LogP contribution is -2.00. The van der Waals surface area contributed by atoms with Crippen LogP contribution in [0, 0.1) is 0 Å². The highest BCUT2D eigenvalue weighted by Gasteiger charge is 1.94. The molecule has 0 aliphatic carbocycles. The molecular formula is C10H16O3. The summed E-state index contributed by atoms with van der Waals surface area (Å²) < 4.78 is 5.22. The van der Waals surface area contributed by atoms with Gasteiger partial charge in [-0.2, -0.15) is 0 Å². The van der Waals surface area contributed by atoms with Gasteiger partial charge in [0.2, 0.25) is 0 Å². The molecule has 0 saturated heterocycles. The Hall–Kier alpha value is -1.09. The van der Waals surface area contributed by atoms with E-state index in [1.165, 1.54) is 0 Å². The Morgan fingerprint density at radius 3 is 2.85 bits per heavy atom. The Morgan fingerprint density at radius 1 is 1.62 bits per heavy atom. The largest absolute Gasteiger partial charge is 0.478 e. The highest BCUT2D eigenvalue weighted by atomic mass is 16.5. The van der Waals surface area contributed by atoms with Gasteiger partial charge in [-0.1, -0.05) is 6.08 Å². The van der Waals surface area contributed by atoms with Crippen LogP contribution in [0.5, 0.6) is 0 Å². The Morgan fingerprint density at radius 2 is 2.31 bits per heavy atom. The van der Waals surface area contributed by atoms with Gasteiger partial charge in [0, 0.05) is 12.7 Å². The number of carboxylic acid groups (broad SMARTS) is 1. The number of allylic oxidation sites excluding steroid dienone is 1. The number of ether oxygens (including phenoxy) is 1. The number of carboxylic acids is 1. The molecule has 0 saturated carbocycles. The van der Waals surface area contributed by atoms with Crippen molar-refractivity contribution in [1.29, 1.82) is 0 Å². The molecular weight excluding hydrogens is 168 g/mol. The van der Waals surface area contributed by atoms with Gasteiger partial charge in [-0.15, -0.1) is 6.58 Å². The fourth-order valence-electron chi connectivity index (χ4n) is 0.815. The molecule has 0 aromatic heterocycles. The van der Waals surface area contributed by atoms with Crippen LogP contribution in [0.4, 0.5) is 0 Å². The van der Waals surface area contributed by atoms with Gasteiger partial charge in [0.1, 0.15) is 0 Å². The summed E-state index contributed by atoms with van der Waals surface area (Å²) >= 11 is 0. The minimum absolute atomic E-state index is 0.392. The van der Waals surface area contributed by atoms with Crippen molar-refractivity contribution in [2.45, 2.75) is 19.8 Å². The lowest BCUT2D eigenvalue weighted by molar-refractivity contribution is -0.131. The predicted octanol–water partition coefficient (Wildman–Crippen LogP) is 2.00. The van der Waals surface area contributed by atoms with Crippen LogP contribution in [0.1, 0.15) is 19.8 Å². The molecule has 3 heteroatoms. The third kappa shape index (κ3) is 8.82. The molecule has 0 aliphatic heterocycles. The average molecular weight is 184 g/mol. The SMILES string of the molecule is C=CCCCOCC(C)=CC(=O)O. The van der Waals surface area contributed by atoms with Gasteiger partial charge in [0.15, 0.2) is 0 Å². The molecule has 0 amide bonds. The Bertz CT molecular complexity index is 194. The van der Waals surface area contributed by atoms with Gasteiger partial charge in [-0.05, 0) is 25.3 Å². The zero-order chi connectivity index (χ0) is 10.1. The maximum atomic E-state index is 10.2. The van der Waals surface area contributed by atoms with Gasteiger partial charge in [0.25, 0.3) is 0 Å². The van der Waals surface area contributed by atoms with Crippen LogP contribution in [0.25, 0.3) is 0 Å². The van der Waals surface area contributed by atoms with Crippen molar-refractivity contribution in [3.63, 3.8) is 0 Å². The van der Waals surface area contributed by atoms with E-state index in [-0.39, 0.29) is 0 Å². The number of carbonyl (C=O) groups is 1. The second kappa shape index (κ2) is 7.55. The molecule has 3 nitrogen and oxygen atoms in total. The molecule has 0 heterocycles. The molecule has 74 valence electrons. The van der Waals surface area contributed by atoms with E-state index in [9.17, 15) is 4.79 Å². The maximum Gasteiger partial charge on any atom is 0.328 e. The van der Waals surface area contributed by atoms with E-state index in [0.717, 1.165) is 24.5 Å². The Balaban J connectivity index is 3.42. The molecule has 0 bridgehead atoms. The highest BCUT2D eigenvalue weighted by molar-refractivity contribution is 5.80. The molecule has 1 N–H and O–H groups in total. The van der Waals surface area contributed by atoms with E-state index in [1.807, 2.05) is 6.08 Å². The van der Waals surface area contributed by atoms with Crippen molar-refractivity contribution in [3.8, 4) is 0 Å². The summed E-state index contributed by atoms with van der Waals surface area (Å²) in [7, 11) is 0. The number of hydrogen-bond acceptors (Lipinski definition) is 2. The fraction of sp³-hybridized carbons (Fsp3) is 0.500. The molecule has 0 aromatic rings. The second-order valence-corrected chi connectivity index (χ2v) is 2.81. The van der Waals surface area contributed by atoms with Gasteiger partial charge < -0.3 is 9.84 Å². The zero-order valence-electron chi connectivity index (χ0n) is 7.95. The minimum Gasteiger partial charge on any atom is -0.478 e. The van der Waals surface area contributed by atoms with Crippen LogP contribution < -0.4 is 0 Å². The molecule has 0 rings (SSSR count). The lowest BCUT2D eigenvalue weighted by Gasteiger charge is -2.02. The summed E-state index contributed by atoms with van der Waals surface area (Å²) in [6.07, 6.45) is 4.86. The van der Waals surface area contributed by atoms with Crippen LogP contribution in [0.3, 0.4) is 0 Å². The number of unbranched alkanes of at least 4 members (excludes halogenated alkanes) is 1. The molecule has 0 atom stereocenters. The molecule has 0 radical (unpaired) electrons. The smallest absolute Gasteiger partial charge is 0.328 e. The van der Waals surface area contributed by atoms with Crippen molar-refractivity contribution < 1.29 is 14.6 Å². The summed E-state index contributed by atoms with van der Waals surface area (Å²) in [6, 6.07) is 0. The van der Waals surface area contributed by atoms with Gasteiger partial charge in [-0.3, -0.25) is 0 Å². The zero-order valence-corrected chi connectivity index (χ0v) is 7.95. The first kappa shape index (κ1) is 11.9. The third-order valence-electron chi connectivity index (χ3n) is 1.40. The summed E-state index contributed by atoms with van der Waals surface area (Å²) in [5.74, 6) is -0.924. The molecule has 0 spiro atoms. The second-order valence-electron chi connectivity index (χ2n) is 2.81. The fourth-order valence-corrected chi connectivity index (χ4v) is 0.815. The normalized spacial score (nSPS) is 11.3. The van der Waals surface area contributed by atoms with E-state index in [0.29, 0.717) is 13.2 Å². The molecule has 0 aromatic carbocycles. The van der Waals surface area contributed by atoms with Crippen molar-refractivity contribution in [3.05, 3.63) is 24.3 Å². The van der Waals surface area contributed by atoms with Crippen molar-refractivity contribution in [2.75, 3.05) is 13.2 Å². The molecule has 0 aliphatic rings. The van der Waals surface area contributed by atoms with Gasteiger partial charge in [-0.25, -0.2) is 4.79 Å². The van der Waals surface area contributed by atoms with E-state index in [4.69, 9.17) is 9.84 Å². The van der Waals surface area contributed by atoms with Crippen LogP contribution >= 0.6 is 0 Å². The molecule has 0 unspecified atom stereocenters. The number of rotatable bonds is 7. The summed E-state index contributed by atoms with van der Waals surface area (Å²) in [6.45, 7) is 6.37. The van der Waals surface area contributed by atoms with Gasteiger partial charge >= 0.3 is 5.97 Å². The summed E-state index contributed by atoms with van der Waals surface area (Å²) in [5, 5.41) is 8.38. The van der Waals surface area contributed by atoms with E-state index < -0.39 is 5.97 Å². The monoisotopic (exact) mass is 184 g/mol. The standard InChI is InChI=1S/C10H16O3/c1-3-4-5-6-13-8-9(2)7-10(11)12/h3,7H,1,4-6,8H2,2H3,(H,11,12). The predicted molar refractivity (Wildman–Crippen MR) is 51.6 cm³/mol. The van der Waals surface area contributed by atoms with Crippen LogP contribution in [-0.4, -0.2) is 24.3 Å².